The fourth-order valence-electron chi connectivity index (χ4n) is 8.85. The molecule has 0 aromatic carbocycles. The van der Waals surface area contributed by atoms with E-state index in [9.17, 15) is 40.5 Å². The smallest absolute Gasteiger partial charge is 0.249 e. The summed E-state index contributed by atoms with van der Waals surface area (Å²) in [5.74, 6) is -0.706. The first-order valence-corrected chi connectivity index (χ1v) is 27.1. The molecule has 1 saturated heterocycles. The van der Waals surface area contributed by atoms with E-state index in [2.05, 4.69) is 31.3 Å². The molecule has 1 aliphatic heterocycles. The number of aliphatic hydroxyl groups excluding tert-OH is 7. The van der Waals surface area contributed by atoms with Gasteiger partial charge in [0.2, 0.25) is 5.91 Å². The highest BCUT2D eigenvalue weighted by molar-refractivity contribution is 5.80. The number of allylic oxidation sites excluding steroid dienone is 2. The van der Waals surface area contributed by atoms with Crippen LogP contribution in [0.4, 0.5) is 0 Å². The van der Waals surface area contributed by atoms with E-state index in [1.807, 2.05) is 0 Å². The van der Waals surface area contributed by atoms with Gasteiger partial charge in [0.25, 0.3) is 0 Å². The number of ether oxygens (including phenoxy) is 2. The predicted molar refractivity (Wildman–Crippen MR) is 261 cm³/mol. The van der Waals surface area contributed by atoms with Gasteiger partial charge in [-0.3, -0.25) is 4.79 Å². The van der Waals surface area contributed by atoms with Gasteiger partial charge >= 0.3 is 0 Å². The minimum absolute atomic E-state index is 0.257. The Hall–Kier alpha value is -1.15. The molecule has 9 atom stereocenters. The highest BCUT2D eigenvalue weighted by Crippen LogP contribution is 2.23. The molecule has 8 N–H and O–H groups in total. The molecule has 64 heavy (non-hydrogen) atoms. The first-order valence-electron chi connectivity index (χ1n) is 27.1. The van der Waals surface area contributed by atoms with Crippen LogP contribution in [0, 0.1) is 0 Å². The van der Waals surface area contributed by atoms with E-state index in [-0.39, 0.29) is 12.8 Å². The van der Waals surface area contributed by atoms with E-state index in [4.69, 9.17) is 9.47 Å². The molecule has 11 heteroatoms. The van der Waals surface area contributed by atoms with Crippen molar-refractivity contribution in [1.82, 2.24) is 5.32 Å². The summed E-state index contributed by atoms with van der Waals surface area (Å²) in [4.78, 5) is 13.1. The second kappa shape index (κ2) is 43.2. The van der Waals surface area contributed by atoms with Gasteiger partial charge < -0.3 is 50.5 Å². The van der Waals surface area contributed by atoms with Crippen LogP contribution in [0.1, 0.15) is 251 Å². The Kier molecular flexibility index (Phi) is 41.0. The summed E-state index contributed by atoms with van der Waals surface area (Å²) in [6.07, 6.45) is 37.2. The minimum atomic E-state index is -1.66. The zero-order chi connectivity index (χ0) is 46.9. The summed E-state index contributed by atoms with van der Waals surface area (Å²) in [6, 6.07) is -1.18. The van der Waals surface area contributed by atoms with Gasteiger partial charge in [-0.1, -0.05) is 225 Å². The largest absolute Gasteiger partial charge is 0.394 e. The van der Waals surface area contributed by atoms with Crippen molar-refractivity contribution in [1.29, 1.82) is 0 Å². The van der Waals surface area contributed by atoms with Crippen LogP contribution in [-0.2, 0) is 14.3 Å². The monoisotopic (exact) mass is 914 g/mol. The molecule has 1 rings (SSSR count). The Morgan fingerprint density at radius 1 is 0.531 bits per heavy atom. The van der Waals surface area contributed by atoms with E-state index >= 15 is 0 Å². The number of aliphatic hydroxyl groups is 7. The predicted octanol–water partition coefficient (Wildman–Crippen LogP) is 10.4. The van der Waals surface area contributed by atoms with Crippen LogP contribution >= 0.6 is 0 Å². The zero-order valence-corrected chi connectivity index (χ0v) is 41.3. The zero-order valence-electron chi connectivity index (χ0n) is 41.3. The highest BCUT2D eigenvalue weighted by atomic mass is 16.7. The maximum atomic E-state index is 13.1. The number of amides is 1. The Balaban J connectivity index is 2.28. The molecule has 0 aliphatic carbocycles. The third-order valence-electron chi connectivity index (χ3n) is 13.3. The van der Waals surface area contributed by atoms with Gasteiger partial charge in [-0.25, -0.2) is 0 Å². The molecule has 0 bridgehead atoms. The van der Waals surface area contributed by atoms with Crippen molar-refractivity contribution in [3.05, 3.63) is 12.2 Å². The van der Waals surface area contributed by atoms with Crippen molar-refractivity contribution < 1.29 is 50.0 Å². The average Bonchev–Trinajstić information content (AvgIpc) is 3.29. The SMILES string of the molecule is CCCCCCCCCCCCCCCCCCCCCCCC/C=C/CCCC(O)C(O)C(COC1OC(CO)C(O)C(O)C1O)NC(=O)C(O)CCCCCCCCCCCC. The van der Waals surface area contributed by atoms with Crippen molar-refractivity contribution in [3.63, 3.8) is 0 Å². The maximum Gasteiger partial charge on any atom is 0.249 e. The third kappa shape index (κ3) is 31.8. The lowest BCUT2D eigenvalue weighted by Gasteiger charge is -2.40. The molecule has 11 nitrogen and oxygen atoms in total. The van der Waals surface area contributed by atoms with Crippen LogP contribution in [0.5, 0.6) is 0 Å². The molecule has 380 valence electrons. The van der Waals surface area contributed by atoms with Gasteiger partial charge in [-0.05, 0) is 38.5 Å². The van der Waals surface area contributed by atoms with Crippen LogP contribution in [-0.4, -0.2) is 110 Å². The van der Waals surface area contributed by atoms with Gasteiger partial charge in [0, 0.05) is 0 Å². The molecule has 0 spiro atoms. The fourth-order valence-corrected chi connectivity index (χ4v) is 8.85. The first-order chi connectivity index (χ1) is 31.2. The number of carbonyl (C=O) groups excluding carboxylic acids is 1. The minimum Gasteiger partial charge on any atom is -0.394 e. The van der Waals surface area contributed by atoms with Gasteiger partial charge in [0.15, 0.2) is 6.29 Å². The number of hydrogen-bond donors (Lipinski definition) is 8. The van der Waals surface area contributed by atoms with E-state index in [1.54, 1.807) is 0 Å². The van der Waals surface area contributed by atoms with Gasteiger partial charge in [0.1, 0.15) is 36.6 Å². The highest BCUT2D eigenvalue weighted by Gasteiger charge is 2.44. The standard InChI is InChI=1S/C53H103NO10/c1-3-5-7-9-11-13-15-16-17-18-19-20-21-22-23-24-25-26-27-28-29-30-31-33-34-36-38-40-45(56)48(58)44(43-63-53-51(61)50(60)49(59)47(42-55)64-53)54-52(62)46(57)41-39-37-35-32-14-12-10-8-6-4-2/h33-34,44-51,53,55-61H,3-32,35-43H2,1-2H3,(H,54,62)/b34-33+. The number of hydrogen-bond acceptors (Lipinski definition) is 10. The van der Waals surface area contributed by atoms with E-state index in [1.165, 1.54) is 173 Å². The van der Waals surface area contributed by atoms with Crippen molar-refractivity contribution in [3.8, 4) is 0 Å². The second-order valence-electron chi connectivity index (χ2n) is 19.3. The second-order valence-corrected chi connectivity index (χ2v) is 19.3. The molecule has 1 fully saturated rings. The van der Waals surface area contributed by atoms with Gasteiger partial charge in [-0.2, -0.15) is 0 Å². The van der Waals surface area contributed by atoms with E-state index in [0.29, 0.717) is 12.8 Å². The summed E-state index contributed by atoms with van der Waals surface area (Å²) >= 11 is 0. The Morgan fingerprint density at radius 2 is 0.922 bits per heavy atom. The molecule has 0 radical (unpaired) electrons. The summed E-state index contributed by atoms with van der Waals surface area (Å²) in [5, 5.41) is 75.7. The van der Waals surface area contributed by atoms with Crippen molar-refractivity contribution in [2.75, 3.05) is 13.2 Å². The topological polar surface area (TPSA) is 189 Å². The van der Waals surface area contributed by atoms with Crippen molar-refractivity contribution in [2.24, 2.45) is 0 Å². The van der Waals surface area contributed by atoms with Crippen molar-refractivity contribution in [2.45, 2.75) is 306 Å². The average molecular weight is 914 g/mol. The van der Waals surface area contributed by atoms with Crippen LogP contribution in [0.15, 0.2) is 12.2 Å². The molecular weight excluding hydrogens is 811 g/mol. The lowest BCUT2D eigenvalue weighted by molar-refractivity contribution is -0.303. The van der Waals surface area contributed by atoms with Crippen LogP contribution in [0.25, 0.3) is 0 Å². The Bertz CT molecular complexity index is 1050. The quantitative estimate of drug-likeness (QED) is 0.0216. The Labute approximate surface area is 392 Å². The Morgan fingerprint density at radius 3 is 1.34 bits per heavy atom. The summed E-state index contributed by atoms with van der Waals surface area (Å²) in [7, 11) is 0. The molecule has 1 heterocycles. The summed E-state index contributed by atoms with van der Waals surface area (Å²) in [6.45, 7) is 3.43. The van der Waals surface area contributed by atoms with Crippen LogP contribution < -0.4 is 5.32 Å². The number of rotatable bonds is 46. The molecule has 9 unspecified atom stereocenters. The van der Waals surface area contributed by atoms with Crippen LogP contribution in [0.3, 0.4) is 0 Å². The summed E-state index contributed by atoms with van der Waals surface area (Å²) < 4.78 is 11.1. The number of nitrogens with one attached hydrogen (secondary N) is 1. The molecule has 0 saturated carbocycles. The van der Waals surface area contributed by atoms with Gasteiger partial charge in [0.05, 0.1) is 25.4 Å². The number of unbranched alkanes of at least 4 members (excludes halogenated alkanes) is 32. The maximum absolute atomic E-state index is 13.1. The normalized spacial score (nSPS) is 21.0. The lowest BCUT2D eigenvalue weighted by Crippen LogP contribution is -2.60. The molecule has 1 aliphatic rings. The third-order valence-corrected chi connectivity index (χ3v) is 13.3. The summed E-state index contributed by atoms with van der Waals surface area (Å²) in [5.41, 5.74) is 0. The van der Waals surface area contributed by atoms with E-state index < -0.39 is 74.2 Å². The van der Waals surface area contributed by atoms with E-state index in [0.717, 1.165) is 38.5 Å². The molecule has 0 aromatic rings. The molecular formula is C53H103NO10. The van der Waals surface area contributed by atoms with Crippen molar-refractivity contribution >= 4 is 5.91 Å². The van der Waals surface area contributed by atoms with Crippen LogP contribution in [0.2, 0.25) is 0 Å². The van der Waals surface area contributed by atoms with Gasteiger partial charge in [-0.15, -0.1) is 0 Å². The molecule has 0 aromatic heterocycles. The fraction of sp³-hybridized carbons (Fsp3) is 0.943. The lowest BCUT2D eigenvalue weighted by atomic mass is 9.98. The number of carbonyl (C=O) groups is 1. The molecule has 1 amide bonds. The first kappa shape index (κ1) is 60.9.